The molecule has 3 heteroatoms. The molecule has 0 aromatic carbocycles. The lowest BCUT2D eigenvalue weighted by Gasteiger charge is -1.96. The molecule has 1 atom stereocenters. The van der Waals surface area contributed by atoms with Crippen LogP contribution in [0.2, 0.25) is 0 Å². The summed E-state index contributed by atoms with van der Waals surface area (Å²) in [5, 5.41) is 4.20. The zero-order valence-electron chi connectivity index (χ0n) is 6.63. The van der Waals surface area contributed by atoms with Crippen LogP contribution in [0.3, 0.4) is 0 Å². The third-order valence-corrected chi connectivity index (χ3v) is 1.60. The molecule has 0 spiro atoms. The molecule has 1 aromatic heterocycles. The molecule has 1 heterocycles. The lowest BCUT2D eigenvalue weighted by molar-refractivity contribution is 0.687. The van der Waals surface area contributed by atoms with Crippen LogP contribution >= 0.6 is 0 Å². The minimum Gasteiger partial charge on any atom is -0.323 e. The molecule has 1 unspecified atom stereocenters. The van der Waals surface area contributed by atoms with Gasteiger partial charge in [0, 0.05) is 18.8 Å². The predicted molar refractivity (Wildman–Crippen MR) is 40.5 cm³/mol. The third-order valence-electron chi connectivity index (χ3n) is 1.60. The van der Waals surface area contributed by atoms with E-state index < -0.39 is 0 Å². The summed E-state index contributed by atoms with van der Waals surface area (Å²) in [6, 6.07) is 2.05. The number of aryl methyl sites for hydroxylation is 2. The zero-order valence-corrected chi connectivity index (χ0v) is 6.63. The van der Waals surface area contributed by atoms with Crippen LogP contribution in [0.5, 0.6) is 0 Å². The van der Waals surface area contributed by atoms with Crippen molar-refractivity contribution in [3.8, 4) is 0 Å². The van der Waals surface area contributed by atoms with Crippen molar-refractivity contribution in [3.63, 3.8) is 0 Å². The van der Waals surface area contributed by atoms with E-state index >= 15 is 0 Å². The van der Waals surface area contributed by atoms with Crippen molar-refractivity contribution in [2.45, 2.75) is 19.9 Å². The molecule has 0 aliphatic heterocycles. The van der Waals surface area contributed by atoms with Gasteiger partial charge in [0.05, 0.1) is 5.69 Å². The van der Waals surface area contributed by atoms with E-state index in [4.69, 9.17) is 5.73 Å². The average Bonchev–Trinajstić information content (AvgIpc) is 2.13. The van der Waals surface area contributed by atoms with Crippen molar-refractivity contribution in [2.24, 2.45) is 12.8 Å². The minimum atomic E-state index is 0.0416. The van der Waals surface area contributed by atoms with E-state index in [-0.39, 0.29) is 6.04 Å². The Bertz CT molecular complexity index is 205. The van der Waals surface area contributed by atoms with Crippen molar-refractivity contribution in [3.05, 3.63) is 17.5 Å². The van der Waals surface area contributed by atoms with Gasteiger partial charge >= 0.3 is 0 Å². The van der Waals surface area contributed by atoms with Crippen molar-refractivity contribution in [2.75, 3.05) is 0 Å². The number of nitrogens with two attached hydrogens (primary N) is 1. The average molecular weight is 139 g/mol. The van der Waals surface area contributed by atoms with Crippen LogP contribution in [0, 0.1) is 6.92 Å². The molecule has 1 aromatic rings. The van der Waals surface area contributed by atoms with E-state index in [1.54, 1.807) is 0 Å². The van der Waals surface area contributed by atoms with Crippen LogP contribution in [0.4, 0.5) is 0 Å². The van der Waals surface area contributed by atoms with E-state index in [9.17, 15) is 0 Å². The standard InChI is InChI=1S/C7H13N3/c1-5-4-7(6(2)8)9-10(5)3/h4,6H,8H2,1-3H3. The molecule has 56 valence electrons. The molecule has 0 aliphatic carbocycles. The van der Waals surface area contributed by atoms with Gasteiger partial charge < -0.3 is 5.73 Å². The van der Waals surface area contributed by atoms with Crippen molar-refractivity contribution in [1.82, 2.24) is 9.78 Å². The summed E-state index contributed by atoms with van der Waals surface area (Å²) < 4.78 is 1.83. The Morgan fingerprint density at radius 1 is 1.70 bits per heavy atom. The maximum absolute atomic E-state index is 5.62. The summed E-state index contributed by atoms with van der Waals surface area (Å²) >= 11 is 0. The first kappa shape index (κ1) is 7.28. The molecule has 1 rings (SSSR count). The molecule has 0 bridgehead atoms. The fraction of sp³-hybridized carbons (Fsp3) is 0.571. The smallest absolute Gasteiger partial charge is 0.0791 e. The molecule has 0 aliphatic rings. The SMILES string of the molecule is Cc1cc(C(C)N)nn1C. The molecule has 10 heavy (non-hydrogen) atoms. The fourth-order valence-corrected chi connectivity index (χ4v) is 0.811. The molecule has 0 fully saturated rings. The highest BCUT2D eigenvalue weighted by molar-refractivity contribution is 5.10. The molecule has 0 saturated heterocycles. The van der Waals surface area contributed by atoms with Crippen molar-refractivity contribution in [1.29, 1.82) is 0 Å². The molecule has 0 saturated carbocycles. The maximum Gasteiger partial charge on any atom is 0.0791 e. The number of hydrogen-bond donors (Lipinski definition) is 1. The van der Waals surface area contributed by atoms with Gasteiger partial charge in [-0.3, -0.25) is 4.68 Å². The first-order chi connectivity index (χ1) is 4.61. The summed E-state index contributed by atoms with van der Waals surface area (Å²) in [5.41, 5.74) is 7.72. The molecule has 3 nitrogen and oxygen atoms in total. The Morgan fingerprint density at radius 3 is 2.50 bits per heavy atom. The van der Waals surface area contributed by atoms with Gasteiger partial charge in [-0.2, -0.15) is 5.10 Å². The minimum absolute atomic E-state index is 0.0416. The topological polar surface area (TPSA) is 43.8 Å². The first-order valence-electron chi connectivity index (χ1n) is 3.37. The molecule has 2 N–H and O–H groups in total. The van der Waals surface area contributed by atoms with E-state index in [0.29, 0.717) is 0 Å². The van der Waals surface area contributed by atoms with Crippen LogP contribution in [-0.2, 0) is 7.05 Å². The van der Waals surface area contributed by atoms with Crippen LogP contribution in [0.1, 0.15) is 24.4 Å². The fourth-order valence-electron chi connectivity index (χ4n) is 0.811. The largest absolute Gasteiger partial charge is 0.323 e. The van der Waals surface area contributed by atoms with E-state index in [1.165, 1.54) is 0 Å². The Labute approximate surface area is 60.8 Å². The van der Waals surface area contributed by atoms with Gasteiger partial charge in [0.25, 0.3) is 0 Å². The lowest BCUT2D eigenvalue weighted by atomic mass is 10.2. The highest BCUT2D eigenvalue weighted by atomic mass is 15.3. The summed E-state index contributed by atoms with van der Waals surface area (Å²) in [4.78, 5) is 0. The highest BCUT2D eigenvalue weighted by Gasteiger charge is 2.03. The summed E-state index contributed by atoms with van der Waals surface area (Å²) in [6.07, 6.45) is 0. The number of nitrogens with zero attached hydrogens (tertiary/aromatic N) is 2. The van der Waals surface area contributed by atoms with Gasteiger partial charge in [-0.15, -0.1) is 0 Å². The Kier molecular flexibility index (Phi) is 1.76. The molecular weight excluding hydrogens is 126 g/mol. The lowest BCUT2D eigenvalue weighted by Crippen LogP contribution is -2.06. The van der Waals surface area contributed by atoms with Gasteiger partial charge in [0.15, 0.2) is 0 Å². The van der Waals surface area contributed by atoms with Crippen LogP contribution in [-0.4, -0.2) is 9.78 Å². The van der Waals surface area contributed by atoms with E-state index in [2.05, 4.69) is 5.10 Å². The monoisotopic (exact) mass is 139 g/mol. The molecule has 0 radical (unpaired) electrons. The summed E-state index contributed by atoms with van der Waals surface area (Å²) in [6.45, 7) is 3.95. The quantitative estimate of drug-likeness (QED) is 0.624. The van der Waals surface area contributed by atoms with Crippen LogP contribution in [0.25, 0.3) is 0 Å². The zero-order chi connectivity index (χ0) is 7.72. The summed E-state index contributed by atoms with van der Waals surface area (Å²) in [5.74, 6) is 0. The molecular formula is C7H13N3. The highest BCUT2D eigenvalue weighted by Crippen LogP contribution is 2.07. The van der Waals surface area contributed by atoms with Crippen LogP contribution in [0.15, 0.2) is 6.07 Å². The van der Waals surface area contributed by atoms with E-state index in [1.807, 2.05) is 31.6 Å². The van der Waals surface area contributed by atoms with Crippen LogP contribution < -0.4 is 5.73 Å². The number of hydrogen-bond acceptors (Lipinski definition) is 2. The second-order valence-corrected chi connectivity index (χ2v) is 2.62. The maximum atomic E-state index is 5.62. The second-order valence-electron chi connectivity index (χ2n) is 2.62. The normalized spacial score (nSPS) is 13.6. The van der Waals surface area contributed by atoms with Gasteiger partial charge in [-0.25, -0.2) is 0 Å². The Morgan fingerprint density at radius 2 is 2.30 bits per heavy atom. The Hall–Kier alpha value is -0.830. The van der Waals surface area contributed by atoms with Gasteiger partial charge in [-0.05, 0) is 19.9 Å². The van der Waals surface area contributed by atoms with Gasteiger partial charge in [0.2, 0.25) is 0 Å². The van der Waals surface area contributed by atoms with Gasteiger partial charge in [0.1, 0.15) is 0 Å². The summed E-state index contributed by atoms with van der Waals surface area (Å²) in [7, 11) is 1.92. The second kappa shape index (κ2) is 2.42. The van der Waals surface area contributed by atoms with Crippen molar-refractivity contribution >= 4 is 0 Å². The number of aromatic nitrogens is 2. The first-order valence-corrected chi connectivity index (χ1v) is 3.37. The Balaban J connectivity index is 2.98. The van der Waals surface area contributed by atoms with Gasteiger partial charge in [-0.1, -0.05) is 0 Å². The predicted octanol–water partition coefficient (Wildman–Crippen LogP) is 0.748. The van der Waals surface area contributed by atoms with E-state index in [0.717, 1.165) is 11.4 Å². The number of rotatable bonds is 1. The third kappa shape index (κ3) is 1.19. The van der Waals surface area contributed by atoms with Crippen molar-refractivity contribution < 1.29 is 0 Å². The molecule has 0 amide bonds.